The number of hydrogen-bond donors (Lipinski definition) is 2. The second kappa shape index (κ2) is 9.12. The van der Waals surface area contributed by atoms with E-state index in [1.165, 1.54) is 35.2 Å². The predicted octanol–water partition coefficient (Wildman–Crippen LogP) is 4.39. The van der Waals surface area contributed by atoms with Gasteiger partial charge >= 0.3 is 0 Å². The highest BCUT2D eigenvalue weighted by atomic mass is 32.1. The zero-order chi connectivity index (χ0) is 21.9. The number of rotatable bonds is 5. The van der Waals surface area contributed by atoms with E-state index in [2.05, 4.69) is 73.9 Å². The lowest BCUT2D eigenvalue weighted by atomic mass is 10.1. The fraction of sp³-hybridized carbons (Fsp3) is 0.320. The Balaban J connectivity index is 1.18. The summed E-state index contributed by atoms with van der Waals surface area (Å²) in [6.45, 7) is 6.69. The fourth-order valence-electron chi connectivity index (χ4n) is 4.39. The van der Waals surface area contributed by atoms with E-state index >= 15 is 0 Å². The summed E-state index contributed by atoms with van der Waals surface area (Å²) in [6, 6.07) is 19.3. The number of anilines is 3. The van der Waals surface area contributed by atoms with Crippen molar-refractivity contribution in [1.29, 1.82) is 0 Å². The molecule has 0 amide bonds. The van der Waals surface area contributed by atoms with Crippen LogP contribution in [0.5, 0.6) is 0 Å². The standard InChI is InChI=1S/C25H28N6S/c1-18-14-23(31-16-20-6-2-3-7-21(20)17-31)28-24(27-18)29-25(32)26-15-19-8-10-22(11-9-19)30-12-4-5-13-30/h2-3,6-11,14H,4-5,12-13,15-17H2,1H3,(H2,26,27,28,29,32). The van der Waals surface area contributed by atoms with Crippen LogP contribution in [0.1, 0.15) is 35.2 Å². The summed E-state index contributed by atoms with van der Waals surface area (Å²) in [4.78, 5) is 13.9. The summed E-state index contributed by atoms with van der Waals surface area (Å²) < 4.78 is 0. The normalized spacial score (nSPS) is 15.0. The Morgan fingerprint density at radius 1 is 0.938 bits per heavy atom. The van der Waals surface area contributed by atoms with Gasteiger partial charge in [0.2, 0.25) is 5.95 Å². The third kappa shape index (κ3) is 4.67. The van der Waals surface area contributed by atoms with Crippen molar-refractivity contribution in [2.75, 3.05) is 28.2 Å². The first kappa shape index (κ1) is 20.7. The van der Waals surface area contributed by atoms with Crippen LogP contribution in [0.3, 0.4) is 0 Å². The Labute approximate surface area is 194 Å². The van der Waals surface area contributed by atoms with E-state index in [4.69, 9.17) is 17.2 Å². The summed E-state index contributed by atoms with van der Waals surface area (Å²) in [5.41, 5.74) is 6.11. The molecule has 0 spiro atoms. The summed E-state index contributed by atoms with van der Waals surface area (Å²) in [6.07, 6.45) is 2.58. The van der Waals surface area contributed by atoms with Gasteiger partial charge in [0.1, 0.15) is 5.82 Å². The molecular weight excluding hydrogens is 416 g/mol. The van der Waals surface area contributed by atoms with E-state index in [0.29, 0.717) is 17.6 Å². The molecule has 0 radical (unpaired) electrons. The highest BCUT2D eigenvalue weighted by Gasteiger charge is 2.20. The smallest absolute Gasteiger partial charge is 0.231 e. The maximum atomic E-state index is 5.50. The second-order valence-electron chi connectivity index (χ2n) is 8.48. The zero-order valence-corrected chi connectivity index (χ0v) is 19.2. The van der Waals surface area contributed by atoms with Gasteiger partial charge in [-0.05, 0) is 60.8 Å². The van der Waals surface area contributed by atoms with Crippen molar-refractivity contribution < 1.29 is 0 Å². The van der Waals surface area contributed by atoms with Crippen molar-refractivity contribution >= 4 is 34.8 Å². The first-order valence-electron chi connectivity index (χ1n) is 11.2. The van der Waals surface area contributed by atoms with E-state index in [9.17, 15) is 0 Å². The molecular formula is C25H28N6S. The molecule has 164 valence electrons. The lowest BCUT2D eigenvalue weighted by Gasteiger charge is -2.19. The van der Waals surface area contributed by atoms with Crippen molar-refractivity contribution in [3.05, 3.63) is 77.0 Å². The largest absolute Gasteiger partial charge is 0.372 e. The summed E-state index contributed by atoms with van der Waals surface area (Å²) >= 11 is 5.50. The molecule has 3 aromatic rings. The molecule has 2 aromatic carbocycles. The zero-order valence-electron chi connectivity index (χ0n) is 18.3. The molecule has 0 aliphatic carbocycles. The van der Waals surface area contributed by atoms with E-state index < -0.39 is 0 Å². The van der Waals surface area contributed by atoms with Gasteiger partial charge in [-0.15, -0.1) is 0 Å². The number of hydrogen-bond acceptors (Lipinski definition) is 5. The van der Waals surface area contributed by atoms with Crippen molar-refractivity contribution in [3.8, 4) is 0 Å². The Bertz CT molecular complexity index is 1080. The van der Waals surface area contributed by atoms with E-state index in [0.717, 1.165) is 37.7 Å². The lowest BCUT2D eigenvalue weighted by molar-refractivity contribution is 0.849. The van der Waals surface area contributed by atoms with Gasteiger partial charge in [0.25, 0.3) is 0 Å². The minimum Gasteiger partial charge on any atom is -0.372 e. The molecule has 0 atom stereocenters. The average Bonchev–Trinajstić information content (AvgIpc) is 3.48. The highest BCUT2D eigenvalue weighted by molar-refractivity contribution is 7.80. The second-order valence-corrected chi connectivity index (χ2v) is 8.89. The molecule has 1 fully saturated rings. The SMILES string of the molecule is Cc1cc(N2Cc3ccccc3C2)nc(NC(=S)NCc2ccc(N3CCCC3)cc2)n1. The maximum Gasteiger partial charge on any atom is 0.231 e. The average molecular weight is 445 g/mol. The topological polar surface area (TPSA) is 56.3 Å². The van der Waals surface area contributed by atoms with Crippen LogP contribution >= 0.6 is 12.2 Å². The molecule has 2 N–H and O–H groups in total. The summed E-state index contributed by atoms with van der Waals surface area (Å²) in [7, 11) is 0. The maximum absolute atomic E-state index is 5.50. The van der Waals surface area contributed by atoms with Crippen LogP contribution in [-0.4, -0.2) is 28.2 Å². The monoisotopic (exact) mass is 444 g/mol. The van der Waals surface area contributed by atoms with E-state index in [-0.39, 0.29) is 0 Å². The molecule has 2 aliphatic rings. The van der Waals surface area contributed by atoms with Crippen molar-refractivity contribution in [2.45, 2.75) is 39.4 Å². The van der Waals surface area contributed by atoms with E-state index in [1.807, 2.05) is 13.0 Å². The molecule has 6 nitrogen and oxygen atoms in total. The van der Waals surface area contributed by atoms with Gasteiger partial charge < -0.3 is 20.4 Å². The Morgan fingerprint density at radius 3 is 2.31 bits per heavy atom. The van der Waals surface area contributed by atoms with Gasteiger partial charge in [-0.2, -0.15) is 4.98 Å². The van der Waals surface area contributed by atoms with Gasteiger partial charge in [-0.3, -0.25) is 0 Å². The van der Waals surface area contributed by atoms with Crippen molar-refractivity contribution in [2.24, 2.45) is 0 Å². The van der Waals surface area contributed by atoms with Gasteiger partial charge in [0.05, 0.1) is 0 Å². The van der Waals surface area contributed by atoms with Crippen molar-refractivity contribution in [1.82, 2.24) is 15.3 Å². The number of thiocarbonyl (C=S) groups is 1. The molecule has 7 heteroatoms. The number of nitrogens with zero attached hydrogens (tertiary/aromatic N) is 4. The minimum absolute atomic E-state index is 0.523. The third-order valence-corrected chi connectivity index (χ3v) is 6.34. The number of benzene rings is 2. The number of aryl methyl sites for hydroxylation is 1. The number of nitrogens with one attached hydrogen (secondary N) is 2. The van der Waals surface area contributed by atoms with Crippen LogP contribution in [0.4, 0.5) is 17.5 Å². The number of fused-ring (bicyclic) bond motifs is 1. The van der Waals surface area contributed by atoms with Crippen LogP contribution in [0.25, 0.3) is 0 Å². The quantitative estimate of drug-likeness (QED) is 0.566. The lowest BCUT2D eigenvalue weighted by Crippen LogP contribution is -2.29. The third-order valence-electron chi connectivity index (χ3n) is 6.09. The van der Waals surface area contributed by atoms with E-state index in [1.54, 1.807) is 0 Å². The molecule has 0 unspecified atom stereocenters. The molecule has 32 heavy (non-hydrogen) atoms. The first-order chi connectivity index (χ1) is 15.6. The first-order valence-corrected chi connectivity index (χ1v) is 11.6. The summed E-state index contributed by atoms with van der Waals surface area (Å²) in [5.74, 6) is 1.44. The molecule has 1 saturated heterocycles. The van der Waals surface area contributed by atoms with Gasteiger partial charge in [-0.25, -0.2) is 4.98 Å². The van der Waals surface area contributed by atoms with Crippen LogP contribution in [0, 0.1) is 6.92 Å². The van der Waals surface area contributed by atoms with Gasteiger partial charge in [0, 0.05) is 50.2 Å². The predicted molar refractivity (Wildman–Crippen MR) is 134 cm³/mol. The number of aromatic nitrogens is 2. The molecule has 0 bridgehead atoms. The Hall–Kier alpha value is -3.19. The van der Waals surface area contributed by atoms with Crippen molar-refractivity contribution in [3.63, 3.8) is 0 Å². The summed E-state index contributed by atoms with van der Waals surface area (Å²) in [5, 5.41) is 6.95. The van der Waals surface area contributed by atoms with Crippen LogP contribution in [-0.2, 0) is 19.6 Å². The Morgan fingerprint density at radius 2 is 1.62 bits per heavy atom. The minimum atomic E-state index is 0.523. The van der Waals surface area contributed by atoms with Crippen LogP contribution < -0.4 is 20.4 Å². The van der Waals surface area contributed by atoms with Crippen LogP contribution in [0.15, 0.2) is 54.6 Å². The fourth-order valence-corrected chi connectivity index (χ4v) is 4.56. The molecule has 5 rings (SSSR count). The molecule has 0 saturated carbocycles. The molecule has 3 heterocycles. The van der Waals surface area contributed by atoms with Gasteiger partial charge in [0.15, 0.2) is 5.11 Å². The molecule has 1 aromatic heterocycles. The van der Waals surface area contributed by atoms with Gasteiger partial charge in [-0.1, -0.05) is 36.4 Å². The van der Waals surface area contributed by atoms with Crippen LogP contribution in [0.2, 0.25) is 0 Å². The molecule has 2 aliphatic heterocycles. The Kier molecular flexibility index (Phi) is 5.90. The highest BCUT2D eigenvalue weighted by Crippen LogP contribution is 2.27.